The minimum atomic E-state index is -0.493. The molecule has 0 bridgehead atoms. The van der Waals surface area contributed by atoms with E-state index in [9.17, 15) is 4.79 Å². The van der Waals surface area contributed by atoms with Gasteiger partial charge >= 0.3 is 0 Å². The molecule has 0 aliphatic carbocycles. The third-order valence-electron chi connectivity index (χ3n) is 3.74. The van der Waals surface area contributed by atoms with Crippen LogP contribution in [0, 0.1) is 0 Å². The molecular formula is C14H19N5O2. The Morgan fingerprint density at radius 3 is 3.10 bits per heavy atom. The van der Waals surface area contributed by atoms with Crippen LogP contribution in [-0.4, -0.2) is 39.9 Å². The van der Waals surface area contributed by atoms with Crippen LogP contribution in [0.2, 0.25) is 0 Å². The van der Waals surface area contributed by atoms with Crippen molar-refractivity contribution in [3.05, 3.63) is 18.0 Å². The molecule has 3 heterocycles. The maximum absolute atomic E-state index is 11.7. The summed E-state index contributed by atoms with van der Waals surface area (Å²) >= 11 is 0. The first-order chi connectivity index (χ1) is 10.2. The summed E-state index contributed by atoms with van der Waals surface area (Å²) in [5.74, 6) is -0.493. The molecule has 0 radical (unpaired) electrons. The molecule has 1 fully saturated rings. The van der Waals surface area contributed by atoms with Gasteiger partial charge in [0.2, 0.25) is 0 Å². The van der Waals surface area contributed by atoms with Gasteiger partial charge in [-0.15, -0.1) is 0 Å². The van der Waals surface area contributed by atoms with E-state index in [1.54, 1.807) is 10.9 Å². The lowest BCUT2D eigenvalue weighted by atomic mass is 10.1. The molecule has 7 heteroatoms. The topological polar surface area (TPSA) is 95.1 Å². The molecule has 1 aliphatic rings. The quantitative estimate of drug-likeness (QED) is 0.880. The van der Waals surface area contributed by atoms with E-state index in [4.69, 9.17) is 10.5 Å². The van der Waals surface area contributed by atoms with Gasteiger partial charge in [-0.3, -0.25) is 4.79 Å². The van der Waals surface area contributed by atoms with Gasteiger partial charge in [-0.1, -0.05) is 0 Å². The van der Waals surface area contributed by atoms with Crippen LogP contribution in [0.5, 0.6) is 0 Å². The molecule has 1 aliphatic heterocycles. The van der Waals surface area contributed by atoms with Crippen LogP contribution >= 0.6 is 0 Å². The normalized spacial score (nSPS) is 18.8. The van der Waals surface area contributed by atoms with E-state index in [0.717, 1.165) is 37.0 Å². The van der Waals surface area contributed by atoms with E-state index in [-0.39, 0.29) is 6.04 Å². The molecule has 3 rings (SSSR count). The Morgan fingerprint density at radius 2 is 2.43 bits per heavy atom. The molecule has 21 heavy (non-hydrogen) atoms. The van der Waals surface area contributed by atoms with Crippen molar-refractivity contribution >= 4 is 22.6 Å². The summed E-state index contributed by atoms with van der Waals surface area (Å²) in [6.07, 6.45) is 5.25. The SMILES string of the molecule is CCn1ncc2c(NC3CCCOC3)c(C(N)=O)cnc21. The molecule has 0 saturated carbocycles. The van der Waals surface area contributed by atoms with Crippen molar-refractivity contribution in [1.29, 1.82) is 0 Å². The Balaban J connectivity index is 2.05. The third-order valence-corrected chi connectivity index (χ3v) is 3.74. The number of nitrogens with two attached hydrogens (primary N) is 1. The van der Waals surface area contributed by atoms with E-state index in [2.05, 4.69) is 15.4 Å². The number of hydrogen-bond donors (Lipinski definition) is 2. The van der Waals surface area contributed by atoms with Gasteiger partial charge in [0.15, 0.2) is 5.65 Å². The second-order valence-corrected chi connectivity index (χ2v) is 5.17. The Kier molecular flexibility index (Phi) is 3.74. The van der Waals surface area contributed by atoms with E-state index >= 15 is 0 Å². The number of aromatic nitrogens is 3. The fourth-order valence-corrected chi connectivity index (χ4v) is 2.66. The number of anilines is 1. The van der Waals surface area contributed by atoms with E-state index in [1.165, 1.54) is 6.20 Å². The van der Waals surface area contributed by atoms with Crippen molar-refractivity contribution < 1.29 is 9.53 Å². The van der Waals surface area contributed by atoms with Gasteiger partial charge < -0.3 is 15.8 Å². The van der Waals surface area contributed by atoms with Crippen LogP contribution in [0.4, 0.5) is 5.69 Å². The molecule has 2 aromatic heterocycles. The number of carbonyl (C=O) groups is 1. The molecule has 112 valence electrons. The predicted molar refractivity (Wildman–Crippen MR) is 79.2 cm³/mol. The molecular weight excluding hydrogens is 270 g/mol. The van der Waals surface area contributed by atoms with Crippen LogP contribution in [-0.2, 0) is 11.3 Å². The summed E-state index contributed by atoms with van der Waals surface area (Å²) < 4.78 is 7.27. The van der Waals surface area contributed by atoms with Crippen LogP contribution in [0.3, 0.4) is 0 Å². The van der Waals surface area contributed by atoms with Crippen LogP contribution in [0.1, 0.15) is 30.1 Å². The fourth-order valence-electron chi connectivity index (χ4n) is 2.66. The van der Waals surface area contributed by atoms with Crippen molar-refractivity contribution in [1.82, 2.24) is 14.8 Å². The van der Waals surface area contributed by atoms with Crippen molar-refractivity contribution in [2.75, 3.05) is 18.5 Å². The van der Waals surface area contributed by atoms with Crippen molar-refractivity contribution in [2.45, 2.75) is 32.4 Å². The average Bonchev–Trinajstić information content (AvgIpc) is 2.92. The minimum Gasteiger partial charge on any atom is -0.379 e. The number of aryl methyl sites for hydroxylation is 1. The van der Waals surface area contributed by atoms with Gasteiger partial charge in [-0.2, -0.15) is 5.10 Å². The number of fused-ring (bicyclic) bond motifs is 1. The lowest BCUT2D eigenvalue weighted by Gasteiger charge is -2.25. The zero-order valence-corrected chi connectivity index (χ0v) is 12.0. The predicted octanol–water partition coefficient (Wildman–Crippen LogP) is 1.14. The lowest BCUT2D eigenvalue weighted by Crippen LogP contribution is -2.31. The fraction of sp³-hybridized carbons (Fsp3) is 0.500. The van der Waals surface area contributed by atoms with E-state index in [0.29, 0.717) is 17.9 Å². The number of rotatable bonds is 4. The second-order valence-electron chi connectivity index (χ2n) is 5.17. The Bertz CT molecular complexity index is 661. The molecule has 0 spiro atoms. The van der Waals surface area contributed by atoms with Crippen molar-refractivity contribution in [2.24, 2.45) is 5.73 Å². The Labute approximate surface area is 122 Å². The highest BCUT2D eigenvalue weighted by Crippen LogP contribution is 2.27. The van der Waals surface area contributed by atoms with Gasteiger partial charge in [0, 0.05) is 25.4 Å². The second kappa shape index (κ2) is 5.69. The summed E-state index contributed by atoms with van der Waals surface area (Å²) in [5, 5.41) is 8.51. The largest absolute Gasteiger partial charge is 0.379 e. The molecule has 1 unspecified atom stereocenters. The van der Waals surface area contributed by atoms with Gasteiger partial charge in [0.05, 0.1) is 29.4 Å². The van der Waals surface area contributed by atoms with Crippen LogP contribution in [0.25, 0.3) is 11.0 Å². The molecule has 0 aromatic carbocycles. The standard InChI is InChI=1S/C14H19N5O2/c1-2-19-14-11(7-17-19)12(10(6-16-14)13(15)20)18-9-4-3-5-21-8-9/h6-7,9H,2-5,8H2,1H3,(H2,15,20)(H,16,18). The summed E-state index contributed by atoms with van der Waals surface area (Å²) in [6.45, 7) is 4.14. The summed E-state index contributed by atoms with van der Waals surface area (Å²) in [4.78, 5) is 16.0. The van der Waals surface area contributed by atoms with E-state index in [1.807, 2.05) is 6.92 Å². The smallest absolute Gasteiger partial charge is 0.252 e. The summed E-state index contributed by atoms with van der Waals surface area (Å²) in [7, 11) is 0. The first kappa shape index (κ1) is 13.8. The molecule has 3 N–H and O–H groups in total. The number of primary amides is 1. The van der Waals surface area contributed by atoms with E-state index < -0.39 is 5.91 Å². The molecule has 7 nitrogen and oxygen atoms in total. The van der Waals surface area contributed by atoms with Crippen LogP contribution in [0.15, 0.2) is 12.4 Å². The first-order valence-corrected chi connectivity index (χ1v) is 7.19. The maximum atomic E-state index is 11.7. The number of nitrogens with zero attached hydrogens (tertiary/aromatic N) is 3. The van der Waals surface area contributed by atoms with Gasteiger partial charge in [0.1, 0.15) is 0 Å². The number of nitrogens with one attached hydrogen (secondary N) is 1. The lowest BCUT2D eigenvalue weighted by molar-refractivity contribution is 0.0875. The number of pyridine rings is 1. The van der Waals surface area contributed by atoms with Crippen LogP contribution < -0.4 is 11.1 Å². The average molecular weight is 289 g/mol. The summed E-state index contributed by atoms with van der Waals surface area (Å²) in [6, 6.07) is 0.174. The third kappa shape index (κ3) is 2.56. The molecule has 1 amide bonds. The monoisotopic (exact) mass is 289 g/mol. The number of carbonyl (C=O) groups excluding carboxylic acids is 1. The van der Waals surface area contributed by atoms with Crippen molar-refractivity contribution in [3.8, 4) is 0 Å². The summed E-state index contributed by atoms with van der Waals surface area (Å²) in [5.41, 5.74) is 7.33. The van der Waals surface area contributed by atoms with Crippen molar-refractivity contribution in [3.63, 3.8) is 0 Å². The highest BCUT2D eigenvalue weighted by atomic mass is 16.5. The first-order valence-electron chi connectivity index (χ1n) is 7.19. The number of ether oxygens (including phenoxy) is 1. The maximum Gasteiger partial charge on any atom is 0.252 e. The van der Waals surface area contributed by atoms with Gasteiger partial charge in [-0.05, 0) is 19.8 Å². The van der Waals surface area contributed by atoms with Gasteiger partial charge in [-0.25, -0.2) is 9.67 Å². The Hall–Kier alpha value is -2.15. The molecule has 1 saturated heterocycles. The highest BCUT2D eigenvalue weighted by Gasteiger charge is 2.20. The zero-order valence-electron chi connectivity index (χ0n) is 12.0. The number of hydrogen-bond acceptors (Lipinski definition) is 5. The molecule has 2 aromatic rings. The van der Waals surface area contributed by atoms with Gasteiger partial charge in [0.25, 0.3) is 5.91 Å². The zero-order chi connectivity index (χ0) is 14.8. The number of amides is 1. The molecule has 1 atom stereocenters. The Morgan fingerprint density at radius 1 is 1.57 bits per heavy atom. The highest BCUT2D eigenvalue weighted by molar-refractivity contribution is 6.05. The minimum absolute atomic E-state index is 0.174.